The summed E-state index contributed by atoms with van der Waals surface area (Å²) in [6.45, 7) is 1.15. The third-order valence-electron chi connectivity index (χ3n) is 4.92. The molecule has 156 valence electrons. The molecule has 3 rings (SSSR count). The Balaban J connectivity index is 1.70. The molecule has 0 aliphatic carbocycles. The Morgan fingerprint density at radius 2 is 1.83 bits per heavy atom. The molecule has 0 aromatic heterocycles. The van der Waals surface area contributed by atoms with Gasteiger partial charge in [0.25, 0.3) is 5.91 Å². The lowest BCUT2D eigenvalue weighted by Crippen LogP contribution is -2.45. The Morgan fingerprint density at radius 3 is 2.52 bits per heavy atom. The molecule has 1 amide bonds. The summed E-state index contributed by atoms with van der Waals surface area (Å²) in [5.74, 6) is -0.407. The number of piperazine rings is 1. The lowest BCUT2D eigenvalue weighted by molar-refractivity contribution is -0.0512. The molecule has 1 saturated heterocycles. The second-order valence-electron chi connectivity index (χ2n) is 6.85. The van der Waals surface area contributed by atoms with Gasteiger partial charge in [-0.05, 0) is 36.9 Å². The summed E-state index contributed by atoms with van der Waals surface area (Å²) in [7, 11) is 3.45. The van der Waals surface area contributed by atoms with Gasteiger partial charge in [-0.1, -0.05) is 18.2 Å². The number of likely N-dealkylation sites (N-methyl/N-ethyl adjacent to an activating group) is 1. The minimum absolute atomic E-state index is 0.141. The fourth-order valence-electron chi connectivity index (χ4n) is 3.30. The van der Waals surface area contributed by atoms with Crippen LogP contribution in [0.25, 0.3) is 0 Å². The minimum atomic E-state index is -3.00. The van der Waals surface area contributed by atoms with Crippen molar-refractivity contribution in [1.82, 2.24) is 10.2 Å². The number of nitrogens with zero attached hydrogens (tertiary/aromatic N) is 2. The van der Waals surface area contributed by atoms with E-state index < -0.39 is 6.61 Å². The fourth-order valence-corrected chi connectivity index (χ4v) is 3.30. The van der Waals surface area contributed by atoms with Gasteiger partial charge in [0.2, 0.25) is 0 Å². The number of benzene rings is 2. The Morgan fingerprint density at radius 1 is 1.10 bits per heavy atom. The van der Waals surface area contributed by atoms with E-state index in [1.165, 1.54) is 25.3 Å². The number of halogens is 2. The molecule has 29 heavy (non-hydrogen) atoms. The Labute approximate surface area is 169 Å². The van der Waals surface area contributed by atoms with Crippen LogP contribution >= 0.6 is 0 Å². The van der Waals surface area contributed by atoms with E-state index in [4.69, 9.17) is 4.74 Å². The van der Waals surface area contributed by atoms with Gasteiger partial charge >= 0.3 is 6.61 Å². The van der Waals surface area contributed by atoms with Crippen molar-refractivity contribution in [3.8, 4) is 11.5 Å². The summed E-state index contributed by atoms with van der Waals surface area (Å²) < 4.78 is 34.6. The van der Waals surface area contributed by atoms with Crippen LogP contribution in [-0.2, 0) is 6.54 Å². The van der Waals surface area contributed by atoms with E-state index in [0.717, 1.165) is 37.4 Å². The van der Waals surface area contributed by atoms with Crippen molar-refractivity contribution in [3.63, 3.8) is 0 Å². The minimum Gasteiger partial charge on any atom is -0.493 e. The summed E-state index contributed by atoms with van der Waals surface area (Å²) in [4.78, 5) is 17.2. The Bertz CT molecular complexity index is 840. The summed E-state index contributed by atoms with van der Waals surface area (Å²) in [6.07, 6.45) is 0. The normalized spacial score (nSPS) is 14.7. The molecule has 6 nitrogen and oxygen atoms in total. The smallest absolute Gasteiger partial charge is 0.387 e. The number of amides is 1. The molecule has 0 radical (unpaired) electrons. The molecule has 0 unspecified atom stereocenters. The summed E-state index contributed by atoms with van der Waals surface area (Å²) in [5.41, 5.74) is 2.32. The summed E-state index contributed by atoms with van der Waals surface area (Å²) >= 11 is 0. The van der Waals surface area contributed by atoms with E-state index in [0.29, 0.717) is 6.54 Å². The molecule has 1 N–H and O–H groups in total. The van der Waals surface area contributed by atoms with E-state index in [1.807, 2.05) is 18.2 Å². The average molecular weight is 405 g/mol. The molecule has 1 aliphatic rings. The van der Waals surface area contributed by atoms with Crippen LogP contribution in [0.15, 0.2) is 42.5 Å². The quantitative estimate of drug-likeness (QED) is 0.768. The number of para-hydroxylation sites is 1. The number of hydrogen-bond acceptors (Lipinski definition) is 5. The first-order valence-corrected chi connectivity index (χ1v) is 9.40. The van der Waals surface area contributed by atoms with Crippen LogP contribution in [0.5, 0.6) is 11.5 Å². The summed E-state index contributed by atoms with van der Waals surface area (Å²) in [6, 6.07) is 12.2. The predicted octanol–water partition coefficient (Wildman–Crippen LogP) is 2.98. The number of hydrogen-bond donors (Lipinski definition) is 1. The van der Waals surface area contributed by atoms with Crippen LogP contribution in [-0.4, -0.2) is 57.8 Å². The second kappa shape index (κ2) is 9.56. The number of carbonyl (C=O) groups excluding carboxylic acids is 1. The van der Waals surface area contributed by atoms with Gasteiger partial charge in [0.1, 0.15) is 0 Å². The topological polar surface area (TPSA) is 54.0 Å². The average Bonchev–Trinajstić information content (AvgIpc) is 2.72. The highest BCUT2D eigenvalue weighted by Gasteiger charge is 2.18. The highest BCUT2D eigenvalue weighted by molar-refractivity contribution is 5.94. The van der Waals surface area contributed by atoms with Crippen molar-refractivity contribution in [2.75, 3.05) is 45.2 Å². The SMILES string of the molecule is COc1ccc(C(=O)NCc2ccccc2N2CCN(C)CC2)cc1OC(F)F. The molecule has 0 bridgehead atoms. The molecule has 1 heterocycles. The van der Waals surface area contributed by atoms with Gasteiger partial charge in [0.05, 0.1) is 7.11 Å². The first kappa shape index (κ1) is 20.9. The molecule has 1 fully saturated rings. The molecular weight excluding hydrogens is 380 g/mol. The first-order chi connectivity index (χ1) is 14.0. The molecule has 1 aliphatic heterocycles. The van der Waals surface area contributed by atoms with Gasteiger partial charge in [-0.2, -0.15) is 8.78 Å². The van der Waals surface area contributed by atoms with Crippen molar-refractivity contribution in [3.05, 3.63) is 53.6 Å². The fraction of sp³-hybridized carbons (Fsp3) is 0.381. The van der Waals surface area contributed by atoms with Crippen molar-refractivity contribution in [2.45, 2.75) is 13.2 Å². The zero-order chi connectivity index (χ0) is 20.8. The van der Waals surface area contributed by atoms with Gasteiger partial charge < -0.3 is 24.6 Å². The molecule has 8 heteroatoms. The lowest BCUT2D eigenvalue weighted by atomic mass is 10.1. The van der Waals surface area contributed by atoms with Gasteiger partial charge in [-0.25, -0.2) is 0 Å². The number of alkyl halides is 2. The Hall–Kier alpha value is -2.87. The molecule has 0 spiro atoms. The predicted molar refractivity (Wildman–Crippen MR) is 107 cm³/mol. The monoisotopic (exact) mass is 405 g/mol. The molecule has 2 aromatic rings. The van der Waals surface area contributed by atoms with Crippen molar-refractivity contribution < 1.29 is 23.0 Å². The summed E-state index contributed by atoms with van der Waals surface area (Å²) in [5, 5.41) is 2.86. The zero-order valence-electron chi connectivity index (χ0n) is 16.5. The van der Waals surface area contributed by atoms with Crippen LogP contribution < -0.4 is 19.7 Å². The van der Waals surface area contributed by atoms with Crippen LogP contribution in [0.4, 0.5) is 14.5 Å². The van der Waals surface area contributed by atoms with E-state index in [9.17, 15) is 13.6 Å². The maximum absolute atomic E-state index is 12.6. The number of nitrogens with one attached hydrogen (secondary N) is 1. The largest absolute Gasteiger partial charge is 0.493 e. The van der Waals surface area contributed by atoms with Crippen molar-refractivity contribution in [2.24, 2.45) is 0 Å². The maximum atomic E-state index is 12.6. The van der Waals surface area contributed by atoms with E-state index in [2.05, 4.69) is 33.0 Å². The van der Waals surface area contributed by atoms with Crippen LogP contribution in [0.1, 0.15) is 15.9 Å². The number of rotatable bonds is 7. The van der Waals surface area contributed by atoms with Gasteiger partial charge in [0, 0.05) is 44.0 Å². The molecule has 0 saturated carbocycles. The second-order valence-corrected chi connectivity index (χ2v) is 6.85. The highest BCUT2D eigenvalue weighted by atomic mass is 19.3. The molecule has 0 atom stereocenters. The third-order valence-corrected chi connectivity index (χ3v) is 4.92. The standard InChI is InChI=1S/C21H25F2N3O3/c1-25-9-11-26(12-10-25)17-6-4-3-5-16(17)14-24-20(27)15-7-8-18(28-2)19(13-15)29-21(22)23/h3-8,13,21H,9-12,14H2,1-2H3,(H,24,27). The number of ether oxygens (including phenoxy) is 2. The first-order valence-electron chi connectivity index (χ1n) is 9.40. The van der Waals surface area contributed by atoms with Gasteiger partial charge in [0.15, 0.2) is 11.5 Å². The lowest BCUT2D eigenvalue weighted by Gasteiger charge is -2.35. The number of anilines is 1. The third kappa shape index (κ3) is 5.35. The zero-order valence-corrected chi connectivity index (χ0v) is 16.5. The molecule has 2 aromatic carbocycles. The van der Waals surface area contributed by atoms with Crippen molar-refractivity contribution in [1.29, 1.82) is 0 Å². The van der Waals surface area contributed by atoms with E-state index >= 15 is 0 Å². The van der Waals surface area contributed by atoms with Crippen LogP contribution in [0.3, 0.4) is 0 Å². The number of carbonyl (C=O) groups is 1. The Kier molecular flexibility index (Phi) is 6.87. The van der Waals surface area contributed by atoms with Gasteiger partial charge in [-0.3, -0.25) is 4.79 Å². The van der Waals surface area contributed by atoms with E-state index in [1.54, 1.807) is 0 Å². The molecular formula is C21H25F2N3O3. The van der Waals surface area contributed by atoms with Crippen LogP contribution in [0, 0.1) is 0 Å². The number of methoxy groups -OCH3 is 1. The highest BCUT2D eigenvalue weighted by Crippen LogP contribution is 2.29. The van der Waals surface area contributed by atoms with Crippen LogP contribution in [0.2, 0.25) is 0 Å². The van der Waals surface area contributed by atoms with Crippen molar-refractivity contribution >= 4 is 11.6 Å². The van der Waals surface area contributed by atoms with E-state index in [-0.39, 0.29) is 23.0 Å². The maximum Gasteiger partial charge on any atom is 0.387 e. The van der Waals surface area contributed by atoms with Gasteiger partial charge in [-0.15, -0.1) is 0 Å².